The van der Waals surface area contributed by atoms with Crippen molar-refractivity contribution in [3.8, 4) is 11.5 Å². The Kier molecular flexibility index (Phi) is 3.17. The number of fused-ring (bicyclic) bond motifs is 1. The summed E-state index contributed by atoms with van der Waals surface area (Å²) >= 11 is 0. The number of carbonyl (C=O) groups is 1. The first-order chi connectivity index (χ1) is 8.50. The molecule has 5 heteroatoms. The predicted molar refractivity (Wildman–Crippen MR) is 63.6 cm³/mol. The number of hydrogen-bond donors (Lipinski definition) is 1. The van der Waals surface area contributed by atoms with Crippen molar-refractivity contribution < 1.29 is 24.1 Å². The number of hydrogen-bond acceptors (Lipinski definition) is 5. The number of ether oxygens (including phenoxy) is 3. The summed E-state index contributed by atoms with van der Waals surface area (Å²) in [5.41, 5.74) is -0.893. The van der Waals surface area contributed by atoms with E-state index in [0.717, 1.165) is 0 Å². The Bertz CT molecular complexity index is 466. The maximum atomic E-state index is 11.7. The van der Waals surface area contributed by atoms with Crippen LogP contribution in [0.4, 0.5) is 0 Å². The van der Waals surface area contributed by atoms with Crippen LogP contribution in [-0.2, 0) is 15.1 Å². The summed E-state index contributed by atoms with van der Waals surface area (Å²) in [5, 5.41) is 10.4. The molecule has 1 N–H and O–H groups in total. The van der Waals surface area contributed by atoms with E-state index in [1.54, 1.807) is 25.1 Å². The van der Waals surface area contributed by atoms with Crippen LogP contribution in [0.3, 0.4) is 0 Å². The fraction of sp³-hybridized carbons (Fsp3) is 0.462. The molecule has 1 heterocycles. The zero-order chi connectivity index (χ0) is 13.3. The van der Waals surface area contributed by atoms with E-state index in [2.05, 4.69) is 0 Å². The number of aliphatic hydroxyl groups is 1. The zero-order valence-corrected chi connectivity index (χ0v) is 10.6. The second kappa shape index (κ2) is 4.49. The highest BCUT2D eigenvalue weighted by Crippen LogP contribution is 2.43. The van der Waals surface area contributed by atoms with Crippen LogP contribution in [0.1, 0.15) is 19.4 Å². The van der Waals surface area contributed by atoms with E-state index in [1.165, 1.54) is 14.0 Å². The molecule has 0 amide bonds. The van der Waals surface area contributed by atoms with Crippen LogP contribution >= 0.6 is 0 Å². The molecule has 98 valence electrons. The maximum absolute atomic E-state index is 11.7. The Labute approximate surface area is 105 Å². The molecule has 1 aromatic rings. The summed E-state index contributed by atoms with van der Waals surface area (Å²) in [6.45, 7) is 3.48. The fourth-order valence-corrected chi connectivity index (χ4v) is 2.01. The van der Waals surface area contributed by atoms with Gasteiger partial charge < -0.3 is 19.3 Å². The Hall–Kier alpha value is -1.75. The SMILES string of the molecule is CCOC(=O)[C@H]1Oc2ccc(OC)cc2[C@]1(C)O. The molecule has 0 fully saturated rings. The molecule has 5 nitrogen and oxygen atoms in total. The van der Waals surface area contributed by atoms with Crippen LogP contribution in [0, 0.1) is 0 Å². The van der Waals surface area contributed by atoms with Gasteiger partial charge in [-0.25, -0.2) is 4.79 Å². The highest BCUT2D eigenvalue weighted by atomic mass is 16.6. The van der Waals surface area contributed by atoms with Gasteiger partial charge >= 0.3 is 5.97 Å². The van der Waals surface area contributed by atoms with Crippen molar-refractivity contribution in [3.05, 3.63) is 23.8 Å². The van der Waals surface area contributed by atoms with Crippen LogP contribution in [0.2, 0.25) is 0 Å². The molecule has 0 aliphatic carbocycles. The standard InChI is InChI=1S/C13H16O5/c1-4-17-12(14)11-13(2,15)9-7-8(16-3)5-6-10(9)18-11/h5-7,11,15H,4H2,1-3H3/t11-,13+/m1/s1. The minimum Gasteiger partial charge on any atom is -0.497 e. The van der Waals surface area contributed by atoms with Gasteiger partial charge in [-0.3, -0.25) is 0 Å². The molecule has 0 unspecified atom stereocenters. The van der Waals surface area contributed by atoms with E-state index in [-0.39, 0.29) is 6.61 Å². The van der Waals surface area contributed by atoms with Crippen LogP contribution in [0.5, 0.6) is 11.5 Å². The fourth-order valence-electron chi connectivity index (χ4n) is 2.01. The molecule has 2 rings (SSSR count). The Morgan fingerprint density at radius 2 is 2.28 bits per heavy atom. The Balaban J connectivity index is 2.35. The number of benzene rings is 1. The minimum absolute atomic E-state index is 0.244. The summed E-state index contributed by atoms with van der Waals surface area (Å²) in [6, 6.07) is 5.04. The third kappa shape index (κ3) is 1.90. The lowest BCUT2D eigenvalue weighted by Crippen LogP contribution is -2.42. The van der Waals surface area contributed by atoms with E-state index in [9.17, 15) is 9.90 Å². The molecule has 1 aromatic carbocycles. The molecule has 1 aliphatic rings. The molecule has 18 heavy (non-hydrogen) atoms. The monoisotopic (exact) mass is 252 g/mol. The van der Waals surface area contributed by atoms with Crippen molar-refractivity contribution in [2.24, 2.45) is 0 Å². The molecule has 0 spiro atoms. The van der Waals surface area contributed by atoms with Crippen molar-refractivity contribution >= 4 is 5.97 Å². The first-order valence-electron chi connectivity index (χ1n) is 5.75. The van der Waals surface area contributed by atoms with Gasteiger partial charge in [-0.2, -0.15) is 0 Å². The van der Waals surface area contributed by atoms with Crippen molar-refractivity contribution in [2.75, 3.05) is 13.7 Å². The summed E-state index contributed by atoms with van der Waals surface area (Å²) in [7, 11) is 1.54. The maximum Gasteiger partial charge on any atom is 0.350 e. The largest absolute Gasteiger partial charge is 0.497 e. The molecular formula is C13H16O5. The van der Waals surface area contributed by atoms with Gasteiger partial charge in [0.1, 0.15) is 17.1 Å². The van der Waals surface area contributed by atoms with E-state index in [4.69, 9.17) is 14.2 Å². The van der Waals surface area contributed by atoms with E-state index >= 15 is 0 Å². The number of rotatable bonds is 3. The van der Waals surface area contributed by atoms with Crippen LogP contribution in [0.25, 0.3) is 0 Å². The third-order valence-corrected chi connectivity index (χ3v) is 2.99. The topological polar surface area (TPSA) is 65.0 Å². The third-order valence-electron chi connectivity index (χ3n) is 2.99. The highest BCUT2D eigenvalue weighted by Gasteiger charge is 2.49. The number of esters is 1. The average molecular weight is 252 g/mol. The summed E-state index contributed by atoms with van der Waals surface area (Å²) in [4.78, 5) is 11.7. The predicted octanol–water partition coefficient (Wildman–Crippen LogP) is 1.23. The molecule has 2 atom stereocenters. The van der Waals surface area contributed by atoms with Crippen molar-refractivity contribution in [1.82, 2.24) is 0 Å². The van der Waals surface area contributed by atoms with E-state index in [0.29, 0.717) is 17.1 Å². The quantitative estimate of drug-likeness (QED) is 0.819. The van der Waals surface area contributed by atoms with E-state index in [1.807, 2.05) is 0 Å². The molecule has 0 radical (unpaired) electrons. The average Bonchev–Trinajstić information content (AvgIpc) is 2.61. The van der Waals surface area contributed by atoms with Crippen molar-refractivity contribution in [2.45, 2.75) is 25.6 Å². The first-order valence-corrected chi connectivity index (χ1v) is 5.75. The molecule has 0 aromatic heterocycles. The second-order valence-corrected chi connectivity index (χ2v) is 4.26. The van der Waals surface area contributed by atoms with Gasteiger partial charge in [0.05, 0.1) is 13.7 Å². The summed E-state index contributed by atoms with van der Waals surface area (Å²) in [6.07, 6.45) is -1.04. The molecular weight excluding hydrogens is 236 g/mol. The van der Waals surface area contributed by atoms with Crippen LogP contribution < -0.4 is 9.47 Å². The molecule has 1 aliphatic heterocycles. The zero-order valence-electron chi connectivity index (χ0n) is 10.6. The molecule has 0 saturated heterocycles. The van der Waals surface area contributed by atoms with Gasteiger partial charge in [0.25, 0.3) is 0 Å². The second-order valence-electron chi connectivity index (χ2n) is 4.26. The van der Waals surface area contributed by atoms with Crippen molar-refractivity contribution in [1.29, 1.82) is 0 Å². The summed E-state index contributed by atoms with van der Waals surface area (Å²) in [5.74, 6) is 0.499. The van der Waals surface area contributed by atoms with Gasteiger partial charge in [0.2, 0.25) is 6.10 Å². The van der Waals surface area contributed by atoms with Crippen LogP contribution in [0.15, 0.2) is 18.2 Å². The Morgan fingerprint density at radius 3 is 2.89 bits per heavy atom. The van der Waals surface area contributed by atoms with E-state index < -0.39 is 17.7 Å². The van der Waals surface area contributed by atoms with Crippen LogP contribution in [-0.4, -0.2) is 30.9 Å². The van der Waals surface area contributed by atoms with Gasteiger partial charge in [0, 0.05) is 5.56 Å². The molecule has 0 bridgehead atoms. The van der Waals surface area contributed by atoms with Gasteiger partial charge in [-0.05, 0) is 32.0 Å². The lowest BCUT2D eigenvalue weighted by molar-refractivity contribution is -0.161. The first kappa shape index (κ1) is 12.7. The number of methoxy groups -OCH3 is 1. The minimum atomic E-state index is -1.42. The Morgan fingerprint density at radius 1 is 1.56 bits per heavy atom. The number of carbonyl (C=O) groups excluding carboxylic acids is 1. The van der Waals surface area contributed by atoms with Gasteiger partial charge in [0.15, 0.2) is 0 Å². The summed E-state index contributed by atoms with van der Waals surface area (Å²) < 4.78 is 15.4. The highest BCUT2D eigenvalue weighted by molar-refractivity contribution is 5.79. The lowest BCUT2D eigenvalue weighted by Gasteiger charge is -2.22. The molecule has 0 saturated carbocycles. The van der Waals surface area contributed by atoms with Gasteiger partial charge in [-0.1, -0.05) is 0 Å². The van der Waals surface area contributed by atoms with Gasteiger partial charge in [-0.15, -0.1) is 0 Å². The van der Waals surface area contributed by atoms with Crippen molar-refractivity contribution in [3.63, 3.8) is 0 Å². The smallest absolute Gasteiger partial charge is 0.350 e. The lowest BCUT2D eigenvalue weighted by atomic mass is 9.92. The normalized spacial score (nSPS) is 25.2.